The van der Waals surface area contributed by atoms with Gasteiger partial charge in [-0.2, -0.15) is 0 Å². The first-order valence-electron chi connectivity index (χ1n) is 8.61. The van der Waals surface area contributed by atoms with E-state index in [4.69, 9.17) is 0 Å². The molecule has 26 heavy (non-hydrogen) atoms. The molecule has 134 valence electrons. The fourth-order valence-electron chi connectivity index (χ4n) is 2.74. The van der Waals surface area contributed by atoms with E-state index in [9.17, 15) is 9.59 Å². The van der Waals surface area contributed by atoms with Crippen molar-refractivity contribution in [2.75, 3.05) is 0 Å². The van der Waals surface area contributed by atoms with Crippen LogP contribution in [0.3, 0.4) is 0 Å². The van der Waals surface area contributed by atoms with Crippen molar-refractivity contribution in [2.24, 2.45) is 0 Å². The summed E-state index contributed by atoms with van der Waals surface area (Å²) in [4.78, 5) is 31.2. The first-order valence-corrected chi connectivity index (χ1v) is 8.61. The van der Waals surface area contributed by atoms with Crippen LogP contribution >= 0.6 is 0 Å². The summed E-state index contributed by atoms with van der Waals surface area (Å²) in [5.41, 5.74) is 1.21. The van der Waals surface area contributed by atoms with Gasteiger partial charge in [-0.15, -0.1) is 5.10 Å². The number of benzene rings is 1. The highest BCUT2D eigenvalue weighted by molar-refractivity contribution is 5.78. The van der Waals surface area contributed by atoms with Gasteiger partial charge in [-0.1, -0.05) is 24.3 Å². The summed E-state index contributed by atoms with van der Waals surface area (Å²) < 4.78 is 1.13. The molecule has 3 rings (SSSR count). The fourth-order valence-corrected chi connectivity index (χ4v) is 2.74. The van der Waals surface area contributed by atoms with Crippen molar-refractivity contribution in [1.29, 1.82) is 0 Å². The van der Waals surface area contributed by atoms with Crippen molar-refractivity contribution in [3.05, 3.63) is 64.7 Å². The topological polar surface area (TPSA) is 81.0 Å². The number of carbonyl (C=O) groups excluding carboxylic acids is 1. The minimum absolute atomic E-state index is 0.0415. The summed E-state index contributed by atoms with van der Waals surface area (Å²) in [5, 5.41) is 8.41. The van der Waals surface area contributed by atoms with Crippen LogP contribution in [0.15, 0.2) is 53.6 Å². The molecule has 0 saturated carbocycles. The second kappa shape index (κ2) is 7.86. The van der Waals surface area contributed by atoms with Crippen LogP contribution in [0.4, 0.5) is 0 Å². The molecule has 7 nitrogen and oxygen atoms in total. The van der Waals surface area contributed by atoms with Crippen molar-refractivity contribution < 1.29 is 4.79 Å². The Labute approximate surface area is 151 Å². The Kier molecular flexibility index (Phi) is 5.36. The Morgan fingerprint density at radius 2 is 1.92 bits per heavy atom. The monoisotopic (exact) mass is 351 g/mol. The number of rotatable bonds is 6. The standard InChI is InChI=1S/C19H21N5O2/c1-3-14(2)23(12-15-8-10-20-11-9-15)18(25)13-24-19(26)16-6-4-5-7-17(16)21-22-24/h4-11,14H,3,12-13H2,1-2H3. The number of hydrogen-bond acceptors (Lipinski definition) is 5. The summed E-state index contributed by atoms with van der Waals surface area (Å²) >= 11 is 0. The van der Waals surface area contributed by atoms with Crippen LogP contribution in [0, 0.1) is 0 Å². The highest BCUT2D eigenvalue weighted by Gasteiger charge is 2.21. The van der Waals surface area contributed by atoms with Gasteiger partial charge in [0.05, 0.1) is 5.39 Å². The Morgan fingerprint density at radius 1 is 1.19 bits per heavy atom. The largest absolute Gasteiger partial charge is 0.334 e. The Hall–Kier alpha value is -3.09. The SMILES string of the molecule is CCC(C)N(Cc1ccncc1)C(=O)Cn1nnc2ccccc2c1=O. The summed E-state index contributed by atoms with van der Waals surface area (Å²) in [6.45, 7) is 4.35. The first-order chi connectivity index (χ1) is 12.6. The molecular weight excluding hydrogens is 330 g/mol. The van der Waals surface area contributed by atoms with Gasteiger partial charge in [0.25, 0.3) is 5.56 Å². The molecule has 0 aliphatic heterocycles. The van der Waals surface area contributed by atoms with Crippen LogP contribution in [0.2, 0.25) is 0 Å². The summed E-state index contributed by atoms with van der Waals surface area (Å²) in [6, 6.07) is 10.8. The molecular formula is C19H21N5O2. The molecule has 0 radical (unpaired) electrons. The summed E-state index contributed by atoms with van der Waals surface area (Å²) in [7, 11) is 0. The fraction of sp³-hybridized carbons (Fsp3) is 0.316. The molecule has 0 bridgehead atoms. The van der Waals surface area contributed by atoms with Crippen molar-refractivity contribution >= 4 is 16.8 Å². The van der Waals surface area contributed by atoms with Crippen molar-refractivity contribution in [1.82, 2.24) is 24.9 Å². The zero-order valence-corrected chi connectivity index (χ0v) is 14.9. The smallest absolute Gasteiger partial charge is 0.278 e. The van der Waals surface area contributed by atoms with Crippen LogP contribution in [0.1, 0.15) is 25.8 Å². The molecule has 1 unspecified atom stereocenters. The zero-order valence-electron chi connectivity index (χ0n) is 14.9. The molecule has 7 heteroatoms. The molecule has 0 aliphatic carbocycles. The molecule has 2 aromatic heterocycles. The van der Waals surface area contributed by atoms with E-state index in [2.05, 4.69) is 15.3 Å². The third kappa shape index (κ3) is 3.77. The van der Waals surface area contributed by atoms with Gasteiger partial charge in [-0.05, 0) is 43.2 Å². The molecule has 0 spiro atoms. The average molecular weight is 351 g/mol. The number of nitrogens with zero attached hydrogens (tertiary/aromatic N) is 5. The van der Waals surface area contributed by atoms with E-state index in [-0.39, 0.29) is 24.1 Å². The number of carbonyl (C=O) groups is 1. The minimum atomic E-state index is -0.308. The van der Waals surface area contributed by atoms with Crippen molar-refractivity contribution in [3.63, 3.8) is 0 Å². The molecule has 0 fully saturated rings. The van der Waals surface area contributed by atoms with E-state index in [1.807, 2.05) is 26.0 Å². The Morgan fingerprint density at radius 3 is 2.65 bits per heavy atom. The van der Waals surface area contributed by atoms with Gasteiger partial charge in [0.1, 0.15) is 12.1 Å². The maximum Gasteiger partial charge on any atom is 0.278 e. The van der Waals surface area contributed by atoms with Gasteiger partial charge in [0, 0.05) is 25.0 Å². The van der Waals surface area contributed by atoms with Crippen LogP contribution in [0.5, 0.6) is 0 Å². The Bertz CT molecular complexity index is 955. The third-order valence-electron chi connectivity index (χ3n) is 4.46. The lowest BCUT2D eigenvalue weighted by atomic mass is 10.1. The van der Waals surface area contributed by atoms with E-state index < -0.39 is 0 Å². The van der Waals surface area contributed by atoms with E-state index in [1.54, 1.807) is 41.6 Å². The normalized spacial score (nSPS) is 12.1. The molecule has 3 aromatic rings. The number of aromatic nitrogens is 4. The first kappa shape index (κ1) is 17.7. The molecule has 1 atom stereocenters. The van der Waals surface area contributed by atoms with Gasteiger partial charge in [0.2, 0.25) is 5.91 Å². The van der Waals surface area contributed by atoms with Crippen LogP contribution in [-0.4, -0.2) is 36.8 Å². The summed E-state index contributed by atoms with van der Waals surface area (Å²) in [5.74, 6) is -0.164. The lowest BCUT2D eigenvalue weighted by molar-refractivity contribution is -0.135. The highest BCUT2D eigenvalue weighted by atomic mass is 16.2. The molecule has 1 aromatic carbocycles. The van der Waals surface area contributed by atoms with Crippen LogP contribution in [0.25, 0.3) is 10.9 Å². The predicted octanol–water partition coefficient (Wildman–Crippen LogP) is 2.01. The van der Waals surface area contributed by atoms with Gasteiger partial charge in [0.15, 0.2) is 0 Å². The van der Waals surface area contributed by atoms with Gasteiger partial charge in [-0.25, -0.2) is 4.68 Å². The zero-order chi connectivity index (χ0) is 18.5. The second-order valence-electron chi connectivity index (χ2n) is 6.20. The van der Waals surface area contributed by atoms with E-state index in [0.29, 0.717) is 17.4 Å². The van der Waals surface area contributed by atoms with E-state index >= 15 is 0 Å². The predicted molar refractivity (Wildman–Crippen MR) is 98.3 cm³/mol. The number of fused-ring (bicyclic) bond motifs is 1. The second-order valence-corrected chi connectivity index (χ2v) is 6.20. The molecule has 1 amide bonds. The van der Waals surface area contributed by atoms with Crippen molar-refractivity contribution in [2.45, 2.75) is 39.4 Å². The molecule has 0 N–H and O–H groups in total. The van der Waals surface area contributed by atoms with Gasteiger partial charge in [-0.3, -0.25) is 14.6 Å². The lowest BCUT2D eigenvalue weighted by Gasteiger charge is -2.28. The van der Waals surface area contributed by atoms with E-state index in [1.165, 1.54) is 0 Å². The molecule has 0 aliphatic rings. The highest BCUT2D eigenvalue weighted by Crippen LogP contribution is 2.11. The maximum atomic E-state index is 12.9. The third-order valence-corrected chi connectivity index (χ3v) is 4.46. The molecule has 0 saturated heterocycles. The van der Waals surface area contributed by atoms with Crippen LogP contribution < -0.4 is 5.56 Å². The van der Waals surface area contributed by atoms with E-state index in [0.717, 1.165) is 16.7 Å². The number of amides is 1. The number of hydrogen-bond donors (Lipinski definition) is 0. The number of pyridine rings is 1. The van der Waals surface area contributed by atoms with Gasteiger partial charge < -0.3 is 4.90 Å². The molecule has 2 heterocycles. The minimum Gasteiger partial charge on any atom is -0.334 e. The maximum absolute atomic E-state index is 12.9. The van der Waals surface area contributed by atoms with Gasteiger partial charge >= 0.3 is 0 Å². The van der Waals surface area contributed by atoms with Crippen molar-refractivity contribution in [3.8, 4) is 0 Å². The average Bonchev–Trinajstić information content (AvgIpc) is 2.68. The Balaban J connectivity index is 1.86. The quantitative estimate of drug-likeness (QED) is 0.679. The lowest BCUT2D eigenvalue weighted by Crippen LogP contribution is -2.42. The summed E-state index contributed by atoms with van der Waals surface area (Å²) in [6.07, 6.45) is 4.22. The van der Waals surface area contributed by atoms with Crippen LogP contribution in [-0.2, 0) is 17.9 Å².